The Morgan fingerprint density at radius 1 is 0.444 bits per heavy atom. The fourth-order valence-electron chi connectivity index (χ4n) is 8.83. The summed E-state index contributed by atoms with van der Waals surface area (Å²) in [6.07, 6.45) is 83.4. The van der Waals surface area contributed by atoms with Gasteiger partial charge in [0.2, 0.25) is 5.91 Å². The molecule has 1 amide bonds. The summed E-state index contributed by atoms with van der Waals surface area (Å²) in [5, 5.41) is 3.05. The van der Waals surface area contributed by atoms with E-state index in [1.165, 1.54) is 103 Å². The Labute approximate surface area is 499 Å². The largest absolute Gasteiger partial charge is 0.472 e. The lowest BCUT2D eigenvalue weighted by Crippen LogP contribution is -2.47. The van der Waals surface area contributed by atoms with Crippen LogP contribution >= 0.6 is 7.82 Å². The molecule has 0 spiro atoms. The minimum absolute atomic E-state index is 0.0274. The lowest BCUT2D eigenvalue weighted by molar-refractivity contribution is -0.870. The molecule has 3 atom stereocenters. The lowest BCUT2D eigenvalue weighted by atomic mass is 10.0. The summed E-state index contributed by atoms with van der Waals surface area (Å²) in [5.41, 5.74) is 0. The van der Waals surface area contributed by atoms with Gasteiger partial charge in [-0.15, -0.1) is 0 Å². The number of hydrogen-bond acceptors (Lipinski definition) is 6. The summed E-state index contributed by atoms with van der Waals surface area (Å²) in [6.45, 7) is 6.83. The van der Waals surface area contributed by atoms with Gasteiger partial charge in [0.25, 0.3) is 0 Å². The van der Waals surface area contributed by atoms with Crippen LogP contribution in [0.4, 0.5) is 0 Å². The first-order chi connectivity index (χ1) is 39.4. The van der Waals surface area contributed by atoms with Crippen molar-refractivity contribution >= 4 is 19.7 Å². The molecule has 0 saturated carbocycles. The quantitative estimate of drug-likeness (QED) is 0.0205. The van der Waals surface area contributed by atoms with Gasteiger partial charge in [0, 0.05) is 12.8 Å². The molecule has 9 nitrogen and oxygen atoms in total. The van der Waals surface area contributed by atoms with Crippen LogP contribution in [0.3, 0.4) is 0 Å². The number of phosphoric acid groups is 1. The summed E-state index contributed by atoms with van der Waals surface area (Å²) in [7, 11) is 1.46. The molecule has 10 heteroatoms. The number of nitrogens with one attached hydrogen (secondary N) is 1. The highest BCUT2D eigenvalue weighted by Gasteiger charge is 2.30. The van der Waals surface area contributed by atoms with Gasteiger partial charge in [0.15, 0.2) is 0 Å². The van der Waals surface area contributed by atoms with E-state index in [0.717, 1.165) is 122 Å². The number of carbonyl (C=O) groups is 2. The van der Waals surface area contributed by atoms with E-state index in [9.17, 15) is 19.0 Å². The van der Waals surface area contributed by atoms with Crippen LogP contribution in [0.1, 0.15) is 265 Å². The fourth-order valence-corrected chi connectivity index (χ4v) is 9.57. The Balaban J connectivity index is 5.19. The summed E-state index contributed by atoms with van der Waals surface area (Å²) >= 11 is 0. The van der Waals surface area contributed by atoms with Crippen LogP contribution in [0.25, 0.3) is 0 Å². The van der Waals surface area contributed by atoms with E-state index in [1.54, 1.807) is 0 Å². The minimum Gasteiger partial charge on any atom is -0.456 e. The van der Waals surface area contributed by atoms with E-state index in [2.05, 4.69) is 135 Å². The molecular formula is C71H124N2O7P+. The number of quaternary nitrogens is 1. The molecule has 2 N–H and O–H groups in total. The molecule has 0 aromatic rings. The van der Waals surface area contributed by atoms with Gasteiger partial charge in [-0.25, -0.2) is 4.57 Å². The van der Waals surface area contributed by atoms with Crippen LogP contribution in [0.15, 0.2) is 122 Å². The summed E-state index contributed by atoms with van der Waals surface area (Å²) in [5.74, 6) is -0.554. The second-order valence-corrected chi connectivity index (χ2v) is 24.4. The zero-order valence-electron chi connectivity index (χ0n) is 53.0. The number of ether oxygens (including phenoxy) is 1. The number of nitrogens with zero attached hydrogens (tertiary/aromatic N) is 1. The van der Waals surface area contributed by atoms with Crippen molar-refractivity contribution in [3.05, 3.63) is 122 Å². The number of hydrogen-bond donors (Lipinski definition) is 2. The van der Waals surface area contributed by atoms with Gasteiger partial charge in [0.1, 0.15) is 19.3 Å². The Kier molecular flexibility index (Phi) is 56.9. The van der Waals surface area contributed by atoms with Crippen molar-refractivity contribution in [2.45, 2.75) is 277 Å². The van der Waals surface area contributed by atoms with Crippen LogP contribution in [-0.2, 0) is 27.9 Å². The van der Waals surface area contributed by atoms with Gasteiger partial charge in [-0.1, -0.05) is 252 Å². The Morgan fingerprint density at radius 2 is 0.790 bits per heavy atom. The van der Waals surface area contributed by atoms with Crippen molar-refractivity contribution in [2.75, 3.05) is 40.9 Å². The first-order valence-corrected chi connectivity index (χ1v) is 34.4. The van der Waals surface area contributed by atoms with Gasteiger partial charge in [-0.05, 0) is 122 Å². The maximum atomic E-state index is 13.6. The van der Waals surface area contributed by atoms with E-state index >= 15 is 0 Å². The summed E-state index contributed by atoms with van der Waals surface area (Å²) in [4.78, 5) is 37.8. The van der Waals surface area contributed by atoms with Gasteiger partial charge in [-0.3, -0.25) is 18.6 Å². The molecule has 81 heavy (non-hydrogen) atoms. The lowest BCUT2D eigenvalue weighted by Gasteiger charge is -2.27. The van der Waals surface area contributed by atoms with Gasteiger partial charge in [0.05, 0.1) is 33.8 Å². The second-order valence-electron chi connectivity index (χ2n) is 22.9. The zero-order valence-corrected chi connectivity index (χ0v) is 53.9. The van der Waals surface area contributed by atoms with E-state index in [0.29, 0.717) is 23.9 Å². The SMILES string of the molecule is CC/C=C\C/C=C\C/C=C\C/C=C\C/C=C\CCCCCCCCCCCC(=O)NC(COP(=O)(O)OCC[N+](C)(C)C)C(/C=C\CCCCCCCCCCC)OC(=O)CCCCC/C=C\C/C=C\C/C=C\C/C=C\CCCCC. The molecule has 0 bridgehead atoms. The van der Waals surface area contributed by atoms with Crippen molar-refractivity contribution in [1.29, 1.82) is 0 Å². The number of unbranched alkanes of at least 4 members (excludes halogenated alkanes) is 24. The third-order valence-electron chi connectivity index (χ3n) is 13.9. The monoisotopic (exact) mass is 1150 g/mol. The third kappa shape index (κ3) is 60.8. The molecule has 0 radical (unpaired) electrons. The standard InChI is InChI=1S/C71H123N2O7P/c1-7-10-13-16-19-22-25-27-29-31-33-34-35-36-37-38-40-41-43-45-48-51-54-57-60-63-70(74)72-68(67-79-81(76,77)78-66-65-73(4,5)6)69(62-59-56-53-50-47-24-21-18-15-12-9-3)80-71(75)64-61-58-55-52-49-46-44-42-39-32-30-28-26-23-20-17-14-11-8-2/h10,13,19-20,22-23,27-30,33-34,36-37,39,42,46,49,59,62,68-69H,7-9,11-12,14-18,21,24-26,31-32,35,38,40-41,43-45,47-48,50-58,60-61,63-67H2,1-6H3,(H-,72,74,76,77)/p+1/b13-10-,22-19-,23-20-,29-27-,30-28-,34-33-,37-36-,42-39-,49-46-,62-59-. The molecule has 0 aromatic heterocycles. The molecule has 3 unspecified atom stereocenters. The maximum Gasteiger partial charge on any atom is 0.472 e. The first kappa shape index (κ1) is 77.4. The van der Waals surface area contributed by atoms with Gasteiger partial charge < -0.3 is 19.4 Å². The van der Waals surface area contributed by atoms with E-state index in [-0.39, 0.29) is 31.5 Å². The van der Waals surface area contributed by atoms with Gasteiger partial charge >= 0.3 is 13.8 Å². The molecule has 464 valence electrons. The number of esters is 1. The fraction of sp³-hybridized carbons (Fsp3) is 0.690. The van der Waals surface area contributed by atoms with Crippen molar-refractivity contribution in [3.8, 4) is 0 Å². The van der Waals surface area contributed by atoms with Crippen molar-refractivity contribution < 1.29 is 37.3 Å². The number of allylic oxidation sites excluding steroid dienone is 19. The van der Waals surface area contributed by atoms with Crippen LogP contribution in [-0.4, -0.2) is 74.3 Å². The van der Waals surface area contributed by atoms with E-state index in [1.807, 2.05) is 33.3 Å². The van der Waals surface area contributed by atoms with Gasteiger partial charge in [-0.2, -0.15) is 0 Å². The Morgan fingerprint density at radius 3 is 1.22 bits per heavy atom. The van der Waals surface area contributed by atoms with Crippen LogP contribution in [0, 0.1) is 0 Å². The van der Waals surface area contributed by atoms with Crippen LogP contribution < -0.4 is 5.32 Å². The highest BCUT2D eigenvalue weighted by atomic mass is 31.2. The molecule has 0 aliphatic heterocycles. The second kappa shape index (κ2) is 59.6. The Bertz CT molecular complexity index is 1800. The first-order valence-electron chi connectivity index (χ1n) is 32.9. The highest BCUT2D eigenvalue weighted by Crippen LogP contribution is 2.43. The number of likely N-dealkylation sites (N-methyl/N-ethyl adjacent to an activating group) is 1. The smallest absolute Gasteiger partial charge is 0.456 e. The number of amides is 1. The normalized spacial score (nSPS) is 14.4. The van der Waals surface area contributed by atoms with Crippen LogP contribution in [0.5, 0.6) is 0 Å². The topological polar surface area (TPSA) is 111 Å². The van der Waals surface area contributed by atoms with E-state index < -0.39 is 20.0 Å². The zero-order chi connectivity index (χ0) is 59.3. The van der Waals surface area contributed by atoms with Crippen molar-refractivity contribution in [1.82, 2.24) is 5.32 Å². The predicted octanol–water partition coefficient (Wildman–Crippen LogP) is 20.7. The Hall–Kier alpha value is -3.59. The van der Waals surface area contributed by atoms with E-state index in [4.69, 9.17) is 13.8 Å². The van der Waals surface area contributed by atoms with Crippen LogP contribution in [0.2, 0.25) is 0 Å². The molecule has 0 aliphatic rings. The van der Waals surface area contributed by atoms with Crippen molar-refractivity contribution in [2.24, 2.45) is 0 Å². The maximum absolute atomic E-state index is 13.6. The number of phosphoric ester groups is 1. The third-order valence-corrected chi connectivity index (χ3v) is 14.9. The molecular weight excluding hydrogens is 1020 g/mol. The molecule has 0 aromatic carbocycles. The molecule has 0 heterocycles. The summed E-state index contributed by atoms with van der Waals surface area (Å²) < 4.78 is 30.7. The summed E-state index contributed by atoms with van der Waals surface area (Å²) in [6, 6.07) is -0.873. The van der Waals surface area contributed by atoms with Crippen molar-refractivity contribution in [3.63, 3.8) is 0 Å². The molecule has 0 fully saturated rings. The highest BCUT2D eigenvalue weighted by molar-refractivity contribution is 7.47. The molecule has 0 saturated heterocycles. The predicted molar refractivity (Wildman–Crippen MR) is 350 cm³/mol. The average Bonchev–Trinajstić information content (AvgIpc) is 3.44. The minimum atomic E-state index is -4.47. The average molecular weight is 1150 g/mol. The molecule has 0 aliphatic carbocycles. The number of rotatable bonds is 58. The number of carbonyl (C=O) groups excluding carboxylic acids is 2. The molecule has 0 rings (SSSR count).